The zero-order valence-corrected chi connectivity index (χ0v) is 11.5. The summed E-state index contributed by atoms with van der Waals surface area (Å²) >= 11 is 6.93. The lowest BCUT2D eigenvalue weighted by molar-refractivity contribution is 0.237. The molecule has 0 heterocycles. The average Bonchev–Trinajstić information content (AvgIpc) is 2.09. The average molecular weight is 322 g/mol. The van der Waals surface area contributed by atoms with Gasteiger partial charge in [-0.1, -0.05) is 51.8 Å². The van der Waals surface area contributed by atoms with Gasteiger partial charge >= 0.3 is 0 Å². The first-order valence-electron chi connectivity index (χ1n) is 4.62. The monoisotopic (exact) mass is 320 g/mol. The van der Waals surface area contributed by atoms with Crippen LogP contribution in [0.5, 0.6) is 0 Å². The van der Waals surface area contributed by atoms with Crippen LogP contribution in [0.15, 0.2) is 27.1 Å². The van der Waals surface area contributed by atoms with Crippen LogP contribution < -0.4 is 0 Å². The predicted octanol–water partition coefficient (Wildman–Crippen LogP) is 3.94. The number of rotatable bonds is 3. The summed E-state index contributed by atoms with van der Waals surface area (Å²) in [4.78, 5) is 0. The summed E-state index contributed by atoms with van der Waals surface area (Å²) in [7, 11) is 0. The number of hydrogen-bond donors (Lipinski definition) is 1. The quantitative estimate of drug-likeness (QED) is 0.894. The lowest BCUT2D eigenvalue weighted by Crippen LogP contribution is -2.11. The van der Waals surface area contributed by atoms with Gasteiger partial charge in [0.15, 0.2) is 0 Å². The van der Waals surface area contributed by atoms with Gasteiger partial charge in [-0.25, -0.2) is 0 Å². The molecular formula is C11H14Br2O. The molecule has 1 nitrogen and oxygen atoms in total. The highest BCUT2D eigenvalue weighted by Gasteiger charge is 2.17. The van der Waals surface area contributed by atoms with Crippen molar-refractivity contribution in [3.63, 3.8) is 0 Å². The van der Waals surface area contributed by atoms with Gasteiger partial charge in [-0.15, -0.1) is 0 Å². The molecule has 0 bridgehead atoms. The summed E-state index contributed by atoms with van der Waals surface area (Å²) in [5.41, 5.74) is 1.17. The van der Waals surface area contributed by atoms with Crippen LogP contribution in [0.1, 0.15) is 25.3 Å². The Balaban J connectivity index is 3.04. The van der Waals surface area contributed by atoms with E-state index in [2.05, 4.69) is 51.8 Å². The van der Waals surface area contributed by atoms with E-state index < -0.39 is 0 Å². The van der Waals surface area contributed by atoms with Crippen LogP contribution in [-0.2, 0) is 0 Å². The van der Waals surface area contributed by atoms with E-state index in [1.54, 1.807) is 0 Å². The van der Waals surface area contributed by atoms with Gasteiger partial charge in [0, 0.05) is 14.9 Å². The molecule has 1 unspecified atom stereocenters. The smallest absolute Gasteiger partial charge is 0.0502 e. The molecule has 0 aliphatic carbocycles. The zero-order valence-electron chi connectivity index (χ0n) is 8.30. The highest BCUT2D eigenvalue weighted by atomic mass is 79.9. The Labute approximate surface area is 102 Å². The maximum atomic E-state index is 9.31. The standard InChI is InChI=1S/C11H14Br2O/c1-7(2)10(6-14)9-4-3-8(12)5-11(9)13/h3-5,7,10,14H,6H2,1-2H3. The lowest BCUT2D eigenvalue weighted by atomic mass is 9.89. The van der Waals surface area contributed by atoms with Gasteiger partial charge in [0.1, 0.15) is 0 Å². The van der Waals surface area contributed by atoms with Crippen LogP contribution in [0, 0.1) is 5.92 Å². The number of halogens is 2. The van der Waals surface area contributed by atoms with Gasteiger partial charge in [0.05, 0.1) is 6.61 Å². The molecule has 1 rings (SSSR count). The predicted molar refractivity (Wildman–Crippen MR) is 66.5 cm³/mol. The van der Waals surface area contributed by atoms with Crippen LogP contribution in [0.3, 0.4) is 0 Å². The summed E-state index contributed by atoms with van der Waals surface area (Å²) in [6.45, 7) is 4.43. The van der Waals surface area contributed by atoms with Gasteiger partial charge in [0.2, 0.25) is 0 Å². The first-order chi connectivity index (χ1) is 6.56. The molecule has 1 aromatic rings. The van der Waals surface area contributed by atoms with Crippen molar-refractivity contribution in [3.05, 3.63) is 32.7 Å². The minimum Gasteiger partial charge on any atom is -0.396 e. The van der Waals surface area contributed by atoms with Crippen LogP contribution in [-0.4, -0.2) is 11.7 Å². The molecule has 0 spiro atoms. The normalized spacial score (nSPS) is 13.3. The van der Waals surface area contributed by atoms with Gasteiger partial charge in [-0.2, -0.15) is 0 Å². The number of benzene rings is 1. The van der Waals surface area contributed by atoms with Crippen molar-refractivity contribution in [3.8, 4) is 0 Å². The second-order valence-electron chi connectivity index (χ2n) is 3.70. The van der Waals surface area contributed by atoms with E-state index in [9.17, 15) is 5.11 Å². The zero-order chi connectivity index (χ0) is 10.7. The summed E-state index contributed by atoms with van der Waals surface area (Å²) in [5, 5.41) is 9.31. The molecule has 0 saturated carbocycles. The third kappa shape index (κ3) is 2.81. The van der Waals surface area contributed by atoms with Gasteiger partial charge in [-0.3, -0.25) is 0 Å². The van der Waals surface area contributed by atoms with Gasteiger partial charge in [0.25, 0.3) is 0 Å². The maximum absolute atomic E-state index is 9.31. The van der Waals surface area contributed by atoms with Crippen LogP contribution in [0.4, 0.5) is 0 Å². The molecule has 1 atom stereocenters. The summed E-state index contributed by atoms with van der Waals surface area (Å²) < 4.78 is 2.10. The van der Waals surface area contributed by atoms with Crippen molar-refractivity contribution in [1.29, 1.82) is 0 Å². The van der Waals surface area contributed by atoms with Crippen LogP contribution in [0.2, 0.25) is 0 Å². The van der Waals surface area contributed by atoms with Crippen LogP contribution in [0.25, 0.3) is 0 Å². The van der Waals surface area contributed by atoms with E-state index in [1.165, 1.54) is 5.56 Å². The largest absolute Gasteiger partial charge is 0.396 e. The third-order valence-electron chi connectivity index (χ3n) is 2.36. The van der Waals surface area contributed by atoms with E-state index in [4.69, 9.17) is 0 Å². The molecule has 0 radical (unpaired) electrons. The van der Waals surface area contributed by atoms with Crippen molar-refractivity contribution in [2.75, 3.05) is 6.61 Å². The maximum Gasteiger partial charge on any atom is 0.0502 e. The Hall–Kier alpha value is 0.140. The fourth-order valence-corrected chi connectivity index (χ4v) is 2.81. The molecule has 78 valence electrons. The Morgan fingerprint density at radius 3 is 2.36 bits per heavy atom. The fraction of sp³-hybridized carbons (Fsp3) is 0.455. The van der Waals surface area contributed by atoms with Crippen molar-refractivity contribution in [1.82, 2.24) is 0 Å². The van der Waals surface area contributed by atoms with Gasteiger partial charge in [-0.05, 0) is 23.6 Å². The molecule has 0 aromatic heterocycles. The lowest BCUT2D eigenvalue weighted by Gasteiger charge is -2.20. The molecular weight excluding hydrogens is 308 g/mol. The molecule has 0 aliphatic heterocycles. The highest BCUT2D eigenvalue weighted by molar-refractivity contribution is 9.11. The third-order valence-corrected chi connectivity index (χ3v) is 3.54. The van der Waals surface area contributed by atoms with Crippen molar-refractivity contribution in [2.45, 2.75) is 19.8 Å². The van der Waals surface area contributed by atoms with E-state index in [-0.39, 0.29) is 12.5 Å². The van der Waals surface area contributed by atoms with Crippen molar-refractivity contribution >= 4 is 31.9 Å². The SMILES string of the molecule is CC(C)C(CO)c1ccc(Br)cc1Br. The van der Waals surface area contributed by atoms with Crippen molar-refractivity contribution in [2.24, 2.45) is 5.92 Å². The Morgan fingerprint density at radius 2 is 1.93 bits per heavy atom. The number of hydrogen-bond acceptors (Lipinski definition) is 1. The Kier molecular flexibility index (Phi) is 4.61. The van der Waals surface area contributed by atoms with Crippen LogP contribution >= 0.6 is 31.9 Å². The van der Waals surface area contributed by atoms with E-state index in [0.29, 0.717) is 5.92 Å². The summed E-state index contributed by atoms with van der Waals surface area (Å²) in [6, 6.07) is 6.07. The van der Waals surface area contributed by atoms with E-state index in [0.717, 1.165) is 8.95 Å². The molecule has 0 aliphatic rings. The van der Waals surface area contributed by atoms with Crippen molar-refractivity contribution < 1.29 is 5.11 Å². The van der Waals surface area contributed by atoms with Gasteiger partial charge < -0.3 is 5.11 Å². The Morgan fingerprint density at radius 1 is 1.29 bits per heavy atom. The minimum atomic E-state index is 0.192. The molecule has 14 heavy (non-hydrogen) atoms. The van der Waals surface area contributed by atoms with E-state index in [1.807, 2.05) is 12.1 Å². The first-order valence-corrected chi connectivity index (χ1v) is 6.20. The first kappa shape index (κ1) is 12.2. The highest BCUT2D eigenvalue weighted by Crippen LogP contribution is 2.31. The molecule has 0 saturated heterocycles. The molecule has 0 fully saturated rings. The molecule has 0 amide bonds. The van der Waals surface area contributed by atoms with E-state index >= 15 is 0 Å². The fourth-order valence-electron chi connectivity index (χ4n) is 1.47. The summed E-state index contributed by atoms with van der Waals surface area (Å²) in [5.74, 6) is 0.648. The topological polar surface area (TPSA) is 20.2 Å². The Bertz CT molecular complexity index is 310. The molecule has 1 N–H and O–H groups in total. The number of aliphatic hydroxyl groups is 1. The molecule has 3 heteroatoms. The second kappa shape index (κ2) is 5.29. The molecule has 1 aromatic carbocycles. The summed E-state index contributed by atoms with van der Waals surface area (Å²) in [6.07, 6.45) is 0. The minimum absolute atomic E-state index is 0.192. The number of aliphatic hydroxyl groups excluding tert-OH is 1. The second-order valence-corrected chi connectivity index (χ2v) is 5.47.